The molecule has 0 aliphatic carbocycles. The number of rotatable bonds is 3. The highest BCUT2D eigenvalue weighted by molar-refractivity contribution is 7.80. The molecule has 0 aromatic heterocycles. The van der Waals surface area contributed by atoms with Crippen molar-refractivity contribution in [3.8, 4) is 11.1 Å². The molecule has 20 heavy (non-hydrogen) atoms. The Morgan fingerprint density at radius 3 is 2.45 bits per heavy atom. The van der Waals surface area contributed by atoms with E-state index in [9.17, 15) is 0 Å². The highest BCUT2D eigenvalue weighted by Gasteiger charge is 2.01. The zero-order valence-electron chi connectivity index (χ0n) is 11.6. The second kappa shape index (κ2) is 6.30. The van der Waals surface area contributed by atoms with Crippen LogP contribution in [0.5, 0.6) is 0 Å². The minimum absolute atomic E-state index is 0.160. The summed E-state index contributed by atoms with van der Waals surface area (Å²) in [6.45, 7) is 4.23. The molecule has 4 heteroatoms. The van der Waals surface area contributed by atoms with E-state index in [-0.39, 0.29) is 5.11 Å². The summed E-state index contributed by atoms with van der Waals surface area (Å²) in [5.41, 5.74) is 13.8. The maximum Gasteiger partial charge on any atom is 0.184 e. The Morgan fingerprint density at radius 2 is 1.85 bits per heavy atom. The van der Waals surface area contributed by atoms with Crippen molar-refractivity contribution < 1.29 is 0 Å². The van der Waals surface area contributed by atoms with E-state index in [0.29, 0.717) is 0 Å². The molecule has 0 saturated heterocycles. The lowest BCUT2D eigenvalue weighted by atomic mass is 9.98. The van der Waals surface area contributed by atoms with E-state index in [0.717, 1.165) is 5.56 Å². The largest absolute Gasteiger partial charge is 0.375 e. The van der Waals surface area contributed by atoms with Crippen molar-refractivity contribution in [2.45, 2.75) is 13.8 Å². The van der Waals surface area contributed by atoms with Crippen molar-refractivity contribution in [2.75, 3.05) is 0 Å². The number of benzene rings is 2. The molecule has 0 spiro atoms. The minimum Gasteiger partial charge on any atom is -0.375 e. The second-order valence-corrected chi connectivity index (χ2v) is 5.11. The van der Waals surface area contributed by atoms with Crippen molar-refractivity contribution in [3.63, 3.8) is 0 Å². The monoisotopic (exact) mass is 283 g/mol. The molecule has 0 amide bonds. The molecular weight excluding hydrogens is 266 g/mol. The highest BCUT2D eigenvalue weighted by atomic mass is 32.1. The van der Waals surface area contributed by atoms with E-state index in [1.54, 1.807) is 6.21 Å². The molecule has 0 fully saturated rings. The van der Waals surface area contributed by atoms with E-state index in [1.165, 1.54) is 22.3 Å². The molecule has 102 valence electrons. The summed E-state index contributed by atoms with van der Waals surface area (Å²) >= 11 is 4.67. The van der Waals surface area contributed by atoms with Crippen LogP contribution < -0.4 is 11.2 Å². The Hall–Kier alpha value is -2.20. The van der Waals surface area contributed by atoms with Crippen LogP contribution in [-0.4, -0.2) is 11.3 Å². The summed E-state index contributed by atoms with van der Waals surface area (Å²) in [6, 6.07) is 14.7. The lowest BCUT2D eigenvalue weighted by Crippen LogP contribution is -2.23. The Balaban J connectivity index is 2.19. The lowest BCUT2D eigenvalue weighted by Gasteiger charge is -2.07. The highest BCUT2D eigenvalue weighted by Crippen LogP contribution is 2.24. The number of hydrogen-bond acceptors (Lipinski definition) is 2. The van der Waals surface area contributed by atoms with Gasteiger partial charge in [-0.05, 0) is 48.3 Å². The molecule has 0 saturated carbocycles. The van der Waals surface area contributed by atoms with Crippen LogP contribution in [0.2, 0.25) is 0 Å². The van der Waals surface area contributed by atoms with Crippen molar-refractivity contribution in [2.24, 2.45) is 10.8 Å². The number of thiocarbonyl (C=S) groups is 1. The van der Waals surface area contributed by atoms with E-state index in [2.05, 4.69) is 66.9 Å². The summed E-state index contributed by atoms with van der Waals surface area (Å²) < 4.78 is 0. The Kier molecular flexibility index (Phi) is 4.48. The number of nitrogens with zero attached hydrogens (tertiary/aromatic N) is 1. The van der Waals surface area contributed by atoms with Gasteiger partial charge in [0.15, 0.2) is 5.11 Å². The first-order chi connectivity index (χ1) is 9.56. The molecule has 0 radical (unpaired) electrons. The van der Waals surface area contributed by atoms with E-state index >= 15 is 0 Å². The molecular formula is C16H17N3S. The van der Waals surface area contributed by atoms with Gasteiger partial charge in [-0.15, -0.1) is 0 Å². The first kappa shape index (κ1) is 14.2. The molecule has 2 aromatic rings. The van der Waals surface area contributed by atoms with Gasteiger partial charge in [-0.2, -0.15) is 5.10 Å². The van der Waals surface area contributed by atoms with Crippen LogP contribution in [0.25, 0.3) is 11.1 Å². The molecule has 0 atom stereocenters. The Labute approximate surface area is 124 Å². The smallest absolute Gasteiger partial charge is 0.184 e. The van der Waals surface area contributed by atoms with E-state index in [4.69, 9.17) is 5.73 Å². The van der Waals surface area contributed by atoms with Gasteiger partial charge in [-0.3, -0.25) is 5.43 Å². The van der Waals surface area contributed by atoms with Crippen LogP contribution in [0.3, 0.4) is 0 Å². The van der Waals surface area contributed by atoms with Gasteiger partial charge >= 0.3 is 0 Å². The molecule has 2 aromatic carbocycles. The molecule has 3 N–H and O–H groups in total. The van der Waals surface area contributed by atoms with Crippen molar-refractivity contribution in [1.82, 2.24) is 5.43 Å². The van der Waals surface area contributed by atoms with Gasteiger partial charge in [0.1, 0.15) is 0 Å². The average molecular weight is 283 g/mol. The summed E-state index contributed by atoms with van der Waals surface area (Å²) in [5, 5.41) is 4.09. The Morgan fingerprint density at radius 1 is 1.15 bits per heavy atom. The molecule has 3 nitrogen and oxygen atoms in total. The molecule has 0 aliphatic rings. The van der Waals surface area contributed by atoms with Crippen molar-refractivity contribution >= 4 is 23.5 Å². The predicted octanol–water partition coefficient (Wildman–Crippen LogP) is 3.14. The van der Waals surface area contributed by atoms with Gasteiger partial charge < -0.3 is 5.73 Å². The van der Waals surface area contributed by atoms with Gasteiger partial charge in [0.25, 0.3) is 0 Å². The lowest BCUT2D eigenvalue weighted by molar-refractivity contribution is 1.04. The van der Waals surface area contributed by atoms with Gasteiger partial charge in [0.05, 0.1) is 6.21 Å². The van der Waals surface area contributed by atoms with Gasteiger partial charge in [-0.1, -0.05) is 48.0 Å². The number of nitrogens with one attached hydrogen (secondary N) is 1. The van der Waals surface area contributed by atoms with Crippen LogP contribution in [0.1, 0.15) is 16.7 Å². The summed E-state index contributed by atoms with van der Waals surface area (Å²) in [5.74, 6) is 0. The molecule has 0 heterocycles. The predicted molar refractivity (Wildman–Crippen MR) is 88.9 cm³/mol. The third-order valence-electron chi connectivity index (χ3n) is 2.99. The maximum atomic E-state index is 5.29. The van der Waals surface area contributed by atoms with Gasteiger partial charge in [-0.25, -0.2) is 0 Å². The maximum absolute atomic E-state index is 5.29. The van der Waals surface area contributed by atoms with Crippen molar-refractivity contribution in [1.29, 1.82) is 0 Å². The quantitative estimate of drug-likeness (QED) is 0.517. The number of aryl methyl sites for hydroxylation is 2. The first-order valence-electron chi connectivity index (χ1n) is 6.32. The van der Waals surface area contributed by atoms with Crippen LogP contribution in [0.4, 0.5) is 0 Å². The first-order valence-corrected chi connectivity index (χ1v) is 6.73. The van der Waals surface area contributed by atoms with Crippen LogP contribution in [-0.2, 0) is 0 Å². The Bertz CT molecular complexity index is 645. The van der Waals surface area contributed by atoms with E-state index < -0.39 is 0 Å². The minimum atomic E-state index is 0.160. The SMILES string of the molecule is Cc1ccc(-c2ccc(/C=N/NC(N)=S)cc2)c(C)c1. The van der Waals surface area contributed by atoms with Crippen LogP contribution in [0.15, 0.2) is 47.6 Å². The second-order valence-electron chi connectivity index (χ2n) is 4.67. The van der Waals surface area contributed by atoms with Gasteiger partial charge in [0.2, 0.25) is 0 Å². The van der Waals surface area contributed by atoms with Crippen molar-refractivity contribution in [3.05, 3.63) is 59.2 Å². The fourth-order valence-corrected chi connectivity index (χ4v) is 2.11. The zero-order valence-corrected chi connectivity index (χ0v) is 12.4. The zero-order chi connectivity index (χ0) is 14.5. The molecule has 0 aliphatic heterocycles. The molecule has 2 rings (SSSR count). The van der Waals surface area contributed by atoms with Crippen LogP contribution in [0, 0.1) is 13.8 Å². The topological polar surface area (TPSA) is 50.4 Å². The summed E-state index contributed by atoms with van der Waals surface area (Å²) in [4.78, 5) is 0. The number of hydrogen-bond donors (Lipinski definition) is 2. The normalized spacial score (nSPS) is 10.7. The fourth-order valence-electron chi connectivity index (χ4n) is 2.06. The van der Waals surface area contributed by atoms with Crippen LogP contribution >= 0.6 is 12.2 Å². The fraction of sp³-hybridized carbons (Fsp3) is 0.125. The third-order valence-corrected chi connectivity index (χ3v) is 3.08. The summed E-state index contributed by atoms with van der Waals surface area (Å²) in [6.07, 6.45) is 1.69. The molecule has 0 bridgehead atoms. The van der Waals surface area contributed by atoms with E-state index in [1.807, 2.05) is 12.1 Å². The average Bonchev–Trinajstić information content (AvgIpc) is 2.39. The van der Waals surface area contributed by atoms with Gasteiger partial charge in [0, 0.05) is 0 Å². The molecule has 0 unspecified atom stereocenters. The third kappa shape index (κ3) is 3.65. The number of hydrazone groups is 1. The summed E-state index contributed by atoms with van der Waals surface area (Å²) in [7, 11) is 0. The standard InChI is InChI=1S/C16H17N3S/c1-11-3-8-15(12(2)9-11)14-6-4-13(5-7-14)10-18-19-16(17)20/h3-10H,1-2H3,(H3,17,19,20)/b18-10+. The number of nitrogens with two attached hydrogens (primary N) is 1.